The van der Waals surface area contributed by atoms with E-state index in [9.17, 15) is 26.7 Å². The van der Waals surface area contributed by atoms with Crippen molar-refractivity contribution < 1.29 is 31.4 Å². The number of piperazine rings is 1. The number of alkyl halides is 3. The highest BCUT2D eigenvalue weighted by molar-refractivity contribution is 7.96. The number of sulfonamides is 1. The second-order valence-corrected chi connectivity index (χ2v) is 13.0. The Bertz CT molecular complexity index is 1220. The van der Waals surface area contributed by atoms with E-state index in [1.54, 1.807) is 24.3 Å². The lowest BCUT2D eigenvalue weighted by molar-refractivity contribution is -0.258. The number of anilines is 1. The van der Waals surface area contributed by atoms with Crippen molar-refractivity contribution in [3.8, 4) is 0 Å². The molecule has 0 amide bonds. The maximum Gasteiger partial charge on any atom is 0.421 e. The minimum atomic E-state index is -4.81. The van der Waals surface area contributed by atoms with E-state index in [4.69, 9.17) is 17.0 Å². The molecule has 3 fully saturated rings. The van der Waals surface area contributed by atoms with Gasteiger partial charge in [0.2, 0.25) is 10.0 Å². The average Bonchev–Trinajstić information content (AvgIpc) is 3.45. The summed E-state index contributed by atoms with van der Waals surface area (Å²) in [7, 11) is -3.79. The van der Waals surface area contributed by atoms with Gasteiger partial charge in [-0.15, -0.1) is 0 Å². The maximum absolute atomic E-state index is 13.5. The molecule has 7 nitrogen and oxygen atoms in total. The van der Waals surface area contributed by atoms with E-state index in [2.05, 4.69) is 9.80 Å². The van der Waals surface area contributed by atoms with Crippen molar-refractivity contribution in [3.05, 3.63) is 53.0 Å². The van der Waals surface area contributed by atoms with Crippen molar-refractivity contribution in [3.63, 3.8) is 0 Å². The first kappa shape index (κ1) is 27.7. The number of allylic oxidation sites excluding steroid dienone is 4. The van der Waals surface area contributed by atoms with Crippen LogP contribution in [0.1, 0.15) is 25.3 Å². The molecule has 208 valence electrons. The molecule has 0 radical (unpaired) electrons. The largest absolute Gasteiger partial charge is 0.421 e. The van der Waals surface area contributed by atoms with E-state index in [0.717, 1.165) is 33.0 Å². The van der Waals surface area contributed by atoms with Crippen molar-refractivity contribution in [2.45, 2.75) is 43.7 Å². The van der Waals surface area contributed by atoms with Crippen molar-refractivity contribution in [2.24, 2.45) is 5.92 Å². The first-order valence-corrected chi connectivity index (χ1v) is 14.6. The standard InChI is InChI=1S/C26H32F3N3O4S2/c1-25(33,26(27,28)29)19-6-8-20(9-7-19)32-12-11-31(38(34,35)24-5-3-2-4-23(24)37)16-21(32)15-30-14-18-10-13-36-22(18)17-30/h2-3,5-9,18,21-22,33H,4,10-17H2,1H3/t18-,21-,22+,25+/m0/s1. The highest BCUT2D eigenvalue weighted by Gasteiger charge is 2.51. The molecular formula is C26H32F3N3O4S2. The third-order valence-corrected chi connectivity index (χ3v) is 10.5. The van der Waals surface area contributed by atoms with Crippen molar-refractivity contribution in [2.75, 3.05) is 50.8 Å². The molecule has 38 heavy (non-hydrogen) atoms. The van der Waals surface area contributed by atoms with Crippen molar-refractivity contribution in [1.29, 1.82) is 0 Å². The van der Waals surface area contributed by atoms with Crippen molar-refractivity contribution in [1.82, 2.24) is 9.21 Å². The molecule has 12 heteroatoms. The molecule has 4 aliphatic rings. The van der Waals surface area contributed by atoms with Crippen LogP contribution in [0.2, 0.25) is 0 Å². The minimum absolute atomic E-state index is 0.157. The SMILES string of the molecule is C[C@@](O)(c1ccc(N2CCN(S(=O)(=O)C3=CC=CCC3=S)C[C@@H]2CN2C[C@@H]3CCO[C@@H]3C2)cc1)C(F)(F)F. The predicted octanol–water partition coefficient (Wildman–Crippen LogP) is 3.21. The molecule has 3 aliphatic heterocycles. The molecule has 3 saturated heterocycles. The Balaban J connectivity index is 1.39. The topological polar surface area (TPSA) is 73.3 Å². The Kier molecular flexibility index (Phi) is 7.51. The molecule has 4 atom stereocenters. The average molecular weight is 572 g/mol. The summed E-state index contributed by atoms with van der Waals surface area (Å²) in [5, 5.41) is 10.1. The Labute approximate surface area is 226 Å². The van der Waals surface area contributed by atoms with Gasteiger partial charge >= 0.3 is 6.18 Å². The predicted molar refractivity (Wildman–Crippen MR) is 142 cm³/mol. The molecule has 0 unspecified atom stereocenters. The summed E-state index contributed by atoms with van der Waals surface area (Å²) < 4.78 is 74.4. The third kappa shape index (κ3) is 5.18. The molecular weight excluding hydrogens is 539 g/mol. The van der Waals surface area contributed by atoms with Crippen LogP contribution in [0.5, 0.6) is 0 Å². The third-order valence-electron chi connectivity index (χ3n) is 8.08. The summed E-state index contributed by atoms with van der Waals surface area (Å²) in [4.78, 5) is 4.90. The van der Waals surface area contributed by atoms with E-state index in [-0.39, 0.29) is 35.7 Å². The van der Waals surface area contributed by atoms with Crippen LogP contribution < -0.4 is 4.90 Å². The normalized spacial score (nSPS) is 28.9. The summed E-state index contributed by atoms with van der Waals surface area (Å²) >= 11 is 5.35. The number of nitrogens with zero attached hydrogens (tertiary/aromatic N) is 3. The van der Waals surface area contributed by atoms with Gasteiger partial charge in [0.1, 0.15) is 0 Å². The summed E-state index contributed by atoms with van der Waals surface area (Å²) in [6, 6.07) is 5.47. The fourth-order valence-electron chi connectivity index (χ4n) is 5.79. The van der Waals surface area contributed by atoms with E-state index in [1.165, 1.54) is 16.4 Å². The number of fused-ring (bicyclic) bond motifs is 1. The van der Waals surface area contributed by atoms with E-state index in [1.807, 2.05) is 6.08 Å². The Morgan fingerprint density at radius 1 is 1.13 bits per heavy atom. The van der Waals surface area contributed by atoms with Crippen LogP contribution in [0.15, 0.2) is 47.4 Å². The molecule has 0 saturated carbocycles. The Hall–Kier alpha value is -1.83. The van der Waals surface area contributed by atoms with Crippen LogP contribution in [0.3, 0.4) is 0 Å². The number of benzene rings is 1. The number of hydrogen-bond donors (Lipinski definition) is 1. The van der Waals surface area contributed by atoms with E-state index in [0.29, 0.717) is 36.0 Å². The van der Waals surface area contributed by atoms with Crippen LogP contribution in [0, 0.1) is 5.92 Å². The first-order valence-electron chi connectivity index (χ1n) is 12.8. The molecule has 3 heterocycles. The summed E-state index contributed by atoms with van der Waals surface area (Å²) in [5.41, 5.74) is -2.53. The molecule has 5 rings (SSSR count). The molecule has 1 aromatic rings. The first-order chi connectivity index (χ1) is 17.9. The zero-order valence-electron chi connectivity index (χ0n) is 21.1. The fraction of sp³-hybridized carbons (Fsp3) is 0.577. The molecule has 1 N–H and O–H groups in total. The van der Waals surface area contributed by atoms with Crippen LogP contribution in [-0.4, -0.2) is 91.8 Å². The number of rotatable bonds is 6. The molecule has 0 bridgehead atoms. The molecule has 1 aliphatic carbocycles. The van der Waals surface area contributed by atoms with Gasteiger partial charge in [-0.1, -0.05) is 36.5 Å². The van der Waals surface area contributed by atoms with Gasteiger partial charge in [0.15, 0.2) is 5.60 Å². The van der Waals surface area contributed by atoms with E-state index >= 15 is 0 Å². The van der Waals surface area contributed by atoms with Crippen LogP contribution in [0.25, 0.3) is 0 Å². The Morgan fingerprint density at radius 3 is 2.53 bits per heavy atom. The molecule has 0 aromatic heterocycles. The number of aliphatic hydroxyl groups is 1. The van der Waals surface area contributed by atoms with Gasteiger partial charge in [-0.3, -0.25) is 4.90 Å². The number of halogens is 3. The smallest absolute Gasteiger partial charge is 0.377 e. The van der Waals surface area contributed by atoms with Crippen LogP contribution in [0.4, 0.5) is 18.9 Å². The van der Waals surface area contributed by atoms with Gasteiger partial charge < -0.3 is 14.7 Å². The minimum Gasteiger partial charge on any atom is -0.377 e. The monoisotopic (exact) mass is 571 g/mol. The van der Waals surface area contributed by atoms with Crippen LogP contribution >= 0.6 is 12.2 Å². The fourth-order valence-corrected chi connectivity index (χ4v) is 7.86. The number of ether oxygens (including phenoxy) is 1. The van der Waals surface area contributed by atoms with Gasteiger partial charge in [-0.25, -0.2) is 8.42 Å². The lowest BCUT2D eigenvalue weighted by atomic mass is 9.95. The number of thiocarbonyl (C=S) groups is 1. The van der Waals surface area contributed by atoms with Gasteiger partial charge in [-0.05, 0) is 37.1 Å². The van der Waals surface area contributed by atoms with E-state index < -0.39 is 21.8 Å². The Morgan fingerprint density at radius 2 is 1.87 bits per heavy atom. The summed E-state index contributed by atoms with van der Waals surface area (Å²) in [6.07, 6.45) is 1.88. The quantitative estimate of drug-likeness (QED) is 0.526. The maximum atomic E-state index is 13.5. The van der Waals surface area contributed by atoms with Gasteiger partial charge in [0.05, 0.1) is 17.1 Å². The highest BCUT2D eigenvalue weighted by Crippen LogP contribution is 2.39. The molecule has 0 spiro atoms. The van der Waals surface area contributed by atoms with Crippen molar-refractivity contribution >= 4 is 32.8 Å². The summed E-state index contributed by atoms with van der Waals surface area (Å²) in [5.74, 6) is 0.465. The number of hydrogen-bond acceptors (Lipinski definition) is 7. The zero-order chi connectivity index (χ0) is 27.3. The lowest BCUT2D eigenvalue weighted by Crippen LogP contribution is -2.58. The highest BCUT2D eigenvalue weighted by atomic mass is 32.2. The lowest BCUT2D eigenvalue weighted by Gasteiger charge is -2.44. The van der Waals surface area contributed by atoms with Crippen LogP contribution in [-0.2, 0) is 20.4 Å². The zero-order valence-corrected chi connectivity index (χ0v) is 22.7. The van der Waals surface area contributed by atoms with Gasteiger partial charge in [0.25, 0.3) is 0 Å². The van der Waals surface area contributed by atoms with Gasteiger partial charge in [0, 0.05) is 68.8 Å². The molecule has 1 aromatic carbocycles. The second-order valence-electron chi connectivity index (χ2n) is 10.6. The number of likely N-dealkylation sites (tertiary alicyclic amines) is 1. The van der Waals surface area contributed by atoms with Gasteiger partial charge in [-0.2, -0.15) is 17.5 Å². The summed E-state index contributed by atoms with van der Waals surface area (Å²) in [6.45, 7) is 4.55. The second kappa shape index (κ2) is 10.3.